The van der Waals surface area contributed by atoms with Crippen LogP contribution in [0.15, 0.2) is 5.16 Å². The van der Waals surface area contributed by atoms with Crippen molar-refractivity contribution in [1.29, 1.82) is 0 Å². The van der Waals surface area contributed by atoms with Crippen molar-refractivity contribution in [3.63, 3.8) is 0 Å². The number of hydrogen-bond acceptors (Lipinski definition) is 9. The van der Waals surface area contributed by atoms with Crippen LogP contribution in [0.4, 0.5) is 5.13 Å². The quantitative estimate of drug-likeness (QED) is 0.337. The molecule has 2 aromatic heterocycles. The molecule has 0 atom stereocenters. The molecule has 0 aromatic carbocycles. The normalized spacial score (nSPS) is 11.0. The van der Waals surface area contributed by atoms with Gasteiger partial charge in [0.15, 0.2) is 11.0 Å². The maximum atomic E-state index is 12.2. The maximum absolute atomic E-state index is 12.2. The molecular weight excluding hydrogens is 400 g/mol. The van der Waals surface area contributed by atoms with Crippen molar-refractivity contribution in [3.8, 4) is 0 Å². The van der Waals surface area contributed by atoms with Gasteiger partial charge in [0.25, 0.3) is 0 Å². The summed E-state index contributed by atoms with van der Waals surface area (Å²) in [6.45, 7) is 8.07. The highest BCUT2D eigenvalue weighted by Gasteiger charge is 2.19. The Labute approximate surface area is 172 Å². The molecule has 3 N–H and O–H groups in total. The molecule has 2 rings (SSSR count). The van der Waals surface area contributed by atoms with Gasteiger partial charge in [-0.15, -0.1) is 10.2 Å². The summed E-state index contributed by atoms with van der Waals surface area (Å²) in [6.07, 6.45) is 2.77. The van der Waals surface area contributed by atoms with Crippen molar-refractivity contribution in [2.24, 2.45) is 5.92 Å². The second-order valence-electron chi connectivity index (χ2n) is 6.64. The van der Waals surface area contributed by atoms with Crippen LogP contribution in [-0.4, -0.2) is 44.1 Å². The van der Waals surface area contributed by atoms with Gasteiger partial charge in [0.2, 0.25) is 11.1 Å². The van der Waals surface area contributed by atoms with Crippen molar-refractivity contribution in [2.75, 3.05) is 23.5 Å². The van der Waals surface area contributed by atoms with E-state index in [-0.39, 0.29) is 17.6 Å². The topological polar surface area (TPSA) is 125 Å². The Morgan fingerprint density at radius 2 is 2.11 bits per heavy atom. The summed E-state index contributed by atoms with van der Waals surface area (Å²) in [5.41, 5.74) is 0.531. The molecule has 0 aliphatic carbocycles. The molecule has 0 bridgehead atoms. The number of carbonyl (C=O) groups excluding carboxylic acids is 2. The van der Waals surface area contributed by atoms with Crippen molar-refractivity contribution in [3.05, 3.63) is 16.4 Å². The molecule has 0 saturated heterocycles. The minimum atomic E-state index is -0.422. The van der Waals surface area contributed by atoms with Crippen LogP contribution in [-0.2, 0) is 16.0 Å². The predicted octanol–water partition coefficient (Wildman–Crippen LogP) is 2.64. The van der Waals surface area contributed by atoms with Crippen LogP contribution in [0.3, 0.4) is 0 Å². The summed E-state index contributed by atoms with van der Waals surface area (Å²) >= 11 is 2.30. The number of rotatable bonds is 10. The molecule has 9 nitrogen and oxygen atoms in total. The molecule has 28 heavy (non-hydrogen) atoms. The van der Waals surface area contributed by atoms with Crippen LogP contribution in [0.2, 0.25) is 0 Å². The number of nitrogens with two attached hydrogens (primary N) is 1. The average molecular weight is 427 g/mol. The fraction of sp³-hybridized carbons (Fsp3) is 0.588. The van der Waals surface area contributed by atoms with Crippen LogP contribution in [0.1, 0.15) is 54.8 Å². The first-order valence-corrected chi connectivity index (χ1v) is 10.9. The second kappa shape index (κ2) is 10.4. The highest BCUT2D eigenvalue weighted by atomic mass is 32.2. The minimum Gasteiger partial charge on any atom is -0.461 e. The van der Waals surface area contributed by atoms with Gasteiger partial charge in [0.1, 0.15) is 4.88 Å². The van der Waals surface area contributed by atoms with Gasteiger partial charge in [-0.3, -0.25) is 4.79 Å². The average Bonchev–Trinajstić information content (AvgIpc) is 3.18. The zero-order valence-electron chi connectivity index (χ0n) is 16.5. The second-order valence-corrected chi connectivity index (χ2v) is 8.58. The molecule has 0 fully saturated rings. The molecule has 0 radical (unpaired) electrons. The lowest BCUT2D eigenvalue weighted by Gasteiger charge is -2.05. The van der Waals surface area contributed by atoms with E-state index in [0.717, 1.165) is 30.6 Å². The number of nitrogens with one attached hydrogen (secondary N) is 1. The number of hydrogen-bond donors (Lipinski definition) is 2. The number of thiazole rings is 1. The number of carbonyl (C=O) groups is 2. The summed E-state index contributed by atoms with van der Waals surface area (Å²) in [5.74, 6) is 6.34. The molecule has 1 amide bonds. The first-order valence-electron chi connectivity index (χ1n) is 9.08. The van der Waals surface area contributed by atoms with E-state index in [2.05, 4.69) is 27.4 Å². The summed E-state index contributed by atoms with van der Waals surface area (Å²) in [7, 11) is 0. The van der Waals surface area contributed by atoms with Crippen LogP contribution in [0.25, 0.3) is 0 Å². The number of ether oxygens (including phenoxy) is 1. The van der Waals surface area contributed by atoms with Crippen molar-refractivity contribution >= 4 is 40.1 Å². The third-order valence-electron chi connectivity index (χ3n) is 3.60. The molecule has 154 valence electrons. The lowest BCUT2D eigenvalue weighted by atomic mass is 10.2. The number of anilines is 1. The van der Waals surface area contributed by atoms with E-state index in [4.69, 9.17) is 10.6 Å². The highest BCUT2D eigenvalue weighted by Crippen LogP contribution is 2.24. The molecule has 0 aliphatic heterocycles. The zero-order chi connectivity index (χ0) is 20.7. The standard InChI is InChI=1S/C17H26N6O3S2/c1-5-6-7-12-21-22-17(23(12)18)27-9-13(24)20-16-19-11(4)14(28-16)15(25)26-8-10(2)3/h10H,5-9,18H2,1-4H3,(H,19,20,24). The fourth-order valence-electron chi connectivity index (χ4n) is 2.14. The third-order valence-corrected chi connectivity index (χ3v) is 5.59. The molecule has 2 aromatic rings. The lowest BCUT2D eigenvalue weighted by Crippen LogP contribution is -2.17. The molecule has 0 unspecified atom stereocenters. The number of nitrogen functional groups attached to an aromatic ring is 1. The van der Waals surface area contributed by atoms with E-state index < -0.39 is 5.97 Å². The van der Waals surface area contributed by atoms with Gasteiger partial charge in [-0.05, 0) is 19.3 Å². The smallest absolute Gasteiger partial charge is 0.350 e. The van der Waals surface area contributed by atoms with Gasteiger partial charge < -0.3 is 15.9 Å². The van der Waals surface area contributed by atoms with Gasteiger partial charge in [-0.1, -0.05) is 50.3 Å². The van der Waals surface area contributed by atoms with Gasteiger partial charge in [0, 0.05) is 6.42 Å². The van der Waals surface area contributed by atoms with Crippen LogP contribution >= 0.6 is 23.1 Å². The Hall–Kier alpha value is -2.14. The highest BCUT2D eigenvalue weighted by molar-refractivity contribution is 7.99. The Morgan fingerprint density at radius 3 is 2.79 bits per heavy atom. The van der Waals surface area contributed by atoms with Crippen LogP contribution in [0, 0.1) is 12.8 Å². The summed E-state index contributed by atoms with van der Waals surface area (Å²) in [5, 5.41) is 11.6. The molecule has 11 heteroatoms. The van der Waals surface area contributed by atoms with Crippen molar-refractivity contribution in [1.82, 2.24) is 19.9 Å². The van der Waals surface area contributed by atoms with Gasteiger partial charge in [0.05, 0.1) is 18.1 Å². The number of esters is 1. The van der Waals surface area contributed by atoms with E-state index in [0.29, 0.717) is 33.3 Å². The van der Waals surface area contributed by atoms with Gasteiger partial charge in [-0.2, -0.15) is 0 Å². The zero-order valence-corrected chi connectivity index (χ0v) is 18.2. The predicted molar refractivity (Wildman–Crippen MR) is 110 cm³/mol. The molecule has 0 spiro atoms. The van der Waals surface area contributed by atoms with Crippen molar-refractivity contribution in [2.45, 2.75) is 52.1 Å². The minimum absolute atomic E-state index is 0.106. The van der Waals surface area contributed by atoms with E-state index in [1.54, 1.807) is 6.92 Å². The Balaban J connectivity index is 1.89. The van der Waals surface area contributed by atoms with Gasteiger partial charge >= 0.3 is 5.97 Å². The van der Waals surface area contributed by atoms with E-state index in [1.165, 1.54) is 16.4 Å². The molecule has 0 saturated carbocycles. The SMILES string of the molecule is CCCCc1nnc(SCC(=O)Nc2nc(C)c(C(=O)OCC(C)C)s2)n1N. The first-order chi connectivity index (χ1) is 13.3. The van der Waals surface area contributed by atoms with Crippen LogP contribution in [0.5, 0.6) is 0 Å². The fourth-order valence-corrected chi connectivity index (χ4v) is 3.70. The number of unbranched alkanes of at least 4 members (excludes halogenated alkanes) is 1. The lowest BCUT2D eigenvalue weighted by molar-refractivity contribution is -0.113. The number of thioether (sulfide) groups is 1. The van der Waals surface area contributed by atoms with Crippen molar-refractivity contribution < 1.29 is 14.3 Å². The molecular formula is C17H26N6O3S2. The summed E-state index contributed by atoms with van der Waals surface area (Å²) in [4.78, 5) is 28.9. The largest absolute Gasteiger partial charge is 0.461 e. The van der Waals surface area contributed by atoms with E-state index in [1.807, 2.05) is 13.8 Å². The number of aromatic nitrogens is 4. The number of nitrogens with zero attached hydrogens (tertiary/aromatic N) is 4. The molecule has 2 heterocycles. The Bertz CT molecular complexity index is 818. The maximum Gasteiger partial charge on any atom is 0.350 e. The van der Waals surface area contributed by atoms with E-state index >= 15 is 0 Å². The Kier molecular flexibility index (Phi) is 8.24. The summed E-state index contributed by atoms with van der Waals surface area (Å²) < 4.78 is 6.64. The number of aryl methyl sites for hydroxylation is 2. The van der Waals surface area contributed by atoms with E-state index in [9.17, 15) is 9.59 Å². The summed E-state index contributed by atoms with van der Waals surface area (Å²) in [6, 6.07) is 0. The monoisotopic (exact) mass is 426 g/mol. The molecule has 0 aliphatic rings. The Morgan fingerprint density at radius 1 is 1.36 bits per heavy atom. The third kappa shape index (κ3) is 6.20. The first kappa shape index (κ1) is 22.2. The van der Waals surface area contributed by atoms with Gasteiger partial charge in [-0.25, -0.2) is 14.5 Å². The number of amides is 1. The van der Waals surface area contributed by atoms with Crippen LogP contribution < -0.4 is 11.2 Å².